The van der Waals surface area contributed by atoms with Crippen LogP contribution in [-0.4, -0.2) is 72.5 Å². The normalized spacial score (nSPS) is 17.7. The second kappa shape index (κ2) is 11.9. The number of piperidine rings is 1. The number of likely N-dealkylation sites (tertiary alicyclic amines) is 1. The molecule has 1 aromatic heterocycles. The number of nitrogens with zero attached hydrogens (tertiary/aromatic N) is 4. The maximum absolute atomic E-state index is 12.9. The predicted octanol–water partition coefficient (Wildman–Crippen LogP) is 5.01. The molecule has 2 aliphatic heterocycles. The summed E-state index contributed by atoms with van der Waals surface area (Å²) < 4.78 is 38.6. The molecular weight excluding hydrogens is 479 g/mol. The Labute approximate surface area is 210 Å². The van der Waals surface area contributed by atoms with Crippen molar-refractivity contribution in [1.82, 2.24) is 14.8 Å². The van der Waals surface area contributed by atoms with Gasteiger partial charge in [-0.3, -0.25) is 14.7 Å². The van der Waals surface area contributed by atoms with Gasteiger partial charge in [0.25, 0.3) is 0 Å². The summed E-state index contributed by atoms with van der Waals surface area (Å²) in [5.41, 5.74) is 0.668. The molecule has 0 spiro atoms. The molecule has 1 amide bonds. The first-order valence-electron chi connectivity index (χ1n) is 11.6. The number of anilines is 2. The minimum Gasteiger partial charge on any atom is -0.382 e. The van der Waals surface area contributed by atoms with Gasteiger partial charge < -0.3 is 15.1 Å². The topological polar surface area (TPSA) is 51.7 Å². The van der Waals surface area contributed by atoms with E-state index in [9.17, 15) is 18.0 Å². The molecule has 2 aliphatic rings. The Morgan fingerprint density at radius 3 is 2.31 bits per heavy atom. The summed E-state index contributed by atoms with van der Waals surface area (Å²) in [5.74, 6) is 0.141. The van der Waals surface area contributed by atoms with Gasteiger partial charge in [0.15, 0.2) is 0 Å². The van der Waals surface area contributed by atoms with Crippen LogP contribution in [0.1, 0.15) is 32.4 Å². The third-order valence-corrected chi connectivity index (χ3v) is 6.73. The number of pyridine rings is 1. The van der Waals surface area contributed by atoms with Crippen LogP contribution in [0.2, 0.25) is 5.02 Å². The van der Waals surface area contributed by atoms with Crippen molar-refractivity contribution in [3.63, 3.8) is 0 Å². The maximum atomic E-state index is 12.9. The Morgan fingerprint density at radius 2 is 1.69 bits per heavy atom. The fourth-order valence-corrected chi connectivity index (χ4v) is 4.60. The van der Waals surface area contributed by atoms with E-state index in [1.165, 1.54) is 6.20 Å². The van der Waals surface area contributed by atoms with Gasteiger partial charge in [-0.25, -0.2) is 0 Å². The number of nitrogens with one attached hydrogen (secondary N) is 1. The van der Waals surface area contributed by atoms with Gasteiger partial charge in [-0.15, -0.1) is 0 Å². The molecule has 0 atom stereocenters. The number of aromatic nitrogens is 1. The summed E-state index contributed by atoms with van der Waals surface area (Å²) in [4.78, 5) is 22.6. The van der Waals surface area contributed by atoms with E-state index in [1.54, 1.807) is 6.07 Å². The molecule has 3 heterocycles. The van der Waals surface area contributed by atoms with E-state index in [-0.39, 0.29) is 19.4 Å². The first-order valence-corrected chi connectivity index (χ1v) is 12.0. The molecule has 1 N–H and O–H groups in total. The number of hydrogen-bond donors (Lipinski definition) is 1. The van der Waals surface area contributed by atoms with Gasteiger partial charge >= 0.3 is 6.18 Å². The van der Waals surface area contributed by atoms with Crippen molar-refractivity contribution < 1.29 is 18.0 Å². The van der Waals surface area contributed by atoms with Gasteiger partial charge in [-0.1, -0.05) is 19.0 Å². The number of carbonyl (C=O) groups is 1. The second-order valence-corrected chi connectivity index (χ2v) is 9.22. The molecule has 0 unspecified atom stereocenters. The molecule has 4 rings (SSSR count). The highest BCUT2D eigenvalue weighted by Crippen LogP contribution is 2.29. The highest BCUT2D eigenvalue weighted by atomic mass is 35.5. The number of amides is 1. The van der Waals surface area contributed by atoms with E-state index < -0.39 is 11.9 Å². The van der Waals surface area contributed by atoms with Gasteiger partial charge in [-0.05, 0) is 49.2 Å². The van der Waals surface area contributed by atoms with Crippen LogP contribution >= 0.6 is 11.6 Å². The van der Waals surface area contributed by atoms with E-state index in [0.717, 1.165) is 49.5 Å². The molecule has 0 bridgehead atoms. The number of halogens is 4. The number of rotatable bonds is 6. The smallest absolute Gasteiger partial charge is 0.382 e. The Bertz CT molecular complexity index is 956. The zero-order valence-electron chi connectivity index (χ0n) is 18.9. The zero-order valence-corrected chi connectivity index (χ0v) is 19.7. The Hall–Kier alpha value is -2.52. The first-order chi connectivity index (χ1) is 16.3. The molecule has 0 aliphatic carbocycles. The number of benzene rings is 1. The SMILES string of the molecule is C.O=C(CCN1CCN(c2ccc(Cl)cc2)CC1)N1CCC(Nc2ccnc(C(F)(F)F)c2)CC1. The third kappa shape index (κ3) is 7.48. The van der Waals surface area contributed by atoms with Crippen LogP contribution in [0.3, 0.4) is 0 Å². The lowest BCUT2D eigenvalue weighted by Gasteiger charge is -2.37. The Balaban J connectivity index is 0.00000342. The summed E-state index contributed by atoms with van der Waals surface area (Å²) in [6, 6.07) is 10.5. The molecule has 0 radical (unpaired) electrons. The van der Waals surface area contributed by atoms with E-state index in [2.05, 4.69) is 20.1 Å². The molecule has 2 aromatic rings. The van der Waals surface area contributed by atoms with Crippen molar-refractivity contribution in [2.45, 2.75) is 38.9 Å². The third-order valence-electron chi connectivity index (χ3n) is 6.47. The van der Waals surface area contributed by atoms with Crippen LogP contribution in [0.15, 0.2) is 42.6 Å². The van der Waals surface area contributed by atoms with Crippen molar-refractivity contribution in [2.75, 3.05) is 56.0 Å². The summed E-state index contributed by atoms with van der Waals surface area (Å²) in [6.07, 6.45) is -1.41. The lowest BCUT2D eigenvalue weighted by molar-refractivity contribution is -0.141. The molecule has 10 heteroatoms. The molecule has 0 saturated carbocycles. The minimum absolute atomic E-state index is 0. The van der Waals surface area contributed by atoms with Gasteiger partial charge in [0.1, 0.15) is 5.69 Å². The standard InChI is InChI=1S/C24H29ClF3N5O.CH4/c25-18-1-3-21(4-2-18)32-15-13-31(14-16-32)10-8-23(34)33-11-6-19(7-12-33)30-20-5-9-29-22(17-20)24(26,27)28;/h1-5,9,17,19H,6-8,10-16H2,(H,29,30);1H4. The van der Waals surface area contributed by atoms with Crippen LogP contribution in [0, 0.1) is 0 Å². The van der Waals surface area contributed by atoms with Gasteiger partial charge in [0, 0.05) is 80.9 Å². The highest BCUT2D eigenvalue weighted by molar-refractivity contribution is 6.30. The van der Waals surface area contributed by atoms with Crippen LogP contribution < -0.4 is 10.2 Å². The summed E-state index contributed by atoms with van der Waals surface area (Å²) in [5, 5.41) is 3.89. The van der Waals surface area contributed by atoms with E-state index >= 15 is 0 Å². The van der Waals surface area contributed by atoms with Crippen LogP contribution in [0.5, 0.6) is 0 Å². The van der Waals surface area contributed by atoms with Crippen LogP contribution in [0.4, 0.5) is 24.5 Å². The fraction of sp³-hybridized carbons (Fsp3) is 0.520. The average molecular weight is 512 g/mol. The lowest BCUT2D eigenvalue weighted by atomic mass is 10.0. The van der Waals surface area contributed by atoms with Gasteiger partial charge in [0.05, 0.1) is 0 Å². The summed E-state index contributed by atoms with van der Waals surface area (Å²) in [6.45, 7) is 5.61. The van der Waals surface area contributed by atoms with Crippen molar-refractivity contribution in [2.24, 2.45) is 0 Å². The Morgan fingerprint density at radius 1 is 1.03 bits per heavy atom. The second-order valence-electron chi connectivity index (χ2n) is 8.78. The molecular formula is C25H33ClF3N5O. The largest absolute Gasteiger partial charge is 0.433 e. The van der Waals surface area contributed by atoms with Crippen molar-refractivity contribution in [3.8, 4) is 0 Å². The number of hydrogen-bond acceptors (Lipinski definition) is 5. The Kier molecular flexibility index (Phi) is 9.24. The number of alkyl halides is 3. The molecule has 2 fully saturated rings. The fourth-order valence-electron chi connectivity index (χ4n) is 4.48. The van der Waals surface area contributed by atoms with E-state index in [1.807, 2.05) is 29.2 Å². The van der Waals surface area contributed by atoms with Crippen LogP contribution in [-0.2, 0) is 11.0 Å². The monoisotopic (exact) mass is 511 g/mol. The van der Waals surface area contributed by atoms with E-state index in [4.69, 9.17) is 11.6 Å². The van der Waals surface area contributed by atoms with Gasteiger partial charge in [0.2, 0.25) is 5.91 Å². The van der Waals surface area contributed by atoms with Gasteiger partial charge in [-0.2, -0.15) is 13.2 Å². The molecule has 1 aromatic carbocycles. The minimum atomic E-state index is -4.46. The number of piperazine rings is 1. The zero-order chi connectivity index (χ0) is 24.1. The molecule has 35 heavy (non-hydrogen) atoms. The first kappa shape index (κ1) is 27.1. The van der Waals surface area contributed by atoms with Crippen LogP contribution in [0.25, 0.3) is 0 Å². The van der Waals surface area contributed by atoms with Crippen molar-refractivity contribution >= 4 is 28.9 Å². The number of carbonyl (C=O) groups excluding carboxylic acids is 1. The predicted molar refractivity (Wildman–Crippen MR) is 134 cm³/mol. The van der Waals surface area contributed by atoms with Crippen molar-refractivity contribution in [3.05, 3.63) is 53.3 Å². The van der Waals surface area contributed by atoms with Crippen molar-refractivity contribution in [1.29, 1.82) is 0 Å². The average Bonchev–Trinajstić information content (AvgIpc) is 2.83. The molecule has 6 nitrogen and oxygen atoms in total. The molecule has 192 valence electrons. The lowest BCUT2D eigenvalue weighted by Crippen LogP contribution is -2.48. The maximum Gasteiger partial charge on any atom is 0.433 e. The summed E-state index contributed by atoms with van der Waals surface area (Å²) in [7, 11) is 0. The summed E-state index contributed by atoms with van der Waals surface area (Å²) >= 11 is 5.97. The highest BCUT2D eigenvalue weighted by Gasteiger charge is 2.33. The quantitative estimate of drug-likeness (QED) is 0.591. The van der Waals surface area contributed by atoms with E-state index in [0.29, 0.717) is 38.0 Å². The molecule has 2 saturated heterocycles.